The Bertz CT molecular complexity index is 764. The number of sulfonamides is 1. The molecule has 0 fully saturated rings. The Balaban J connectivity index is 2.41. The third kappa shape index (κ3) is 3.11. The molecule has 2 aromatic rings. The maximum absolute atomic E-state index is 12.1. The average Bonchev–Trinajstić information content (AvgIpc) is 2.38. The van der Waals surface area contributed by atoms with Crippen molar-refractivity contribution in [2.45, 2.75) is 4.90 Å². The van der Waals surface area contributed by atoms with Crippen molar-refractivity contribution in [3.8, 4) is 0 Å². The summed E-state index contributed by atoms with van der Waals surface area (Å²) in [7, 11) is -3.94. The smallest absolute Gasteiger partial charge is 0.273 e. The van der Waals surface area contributed by atoms with Crippen LogP contribution >= 0.6 is 15.9 Å². The molecular formula is C11H8BrN3O4S. The highest BCUT2D eigenvalue weighted by Gasteiger charge is 2.20. The van der Waals surface area contributed by atoms with Crippen LogP contribution in [0.2, 0.25) is 0 Å². The molecule has 0 aliphatic rings. The summed E-state index contributed by atoms with van der Waals surface area (Å²) in [5.41, 5.74) is -0.420. The van der Waals surface area contributed by atoms with E-state index in [0.29, 0.717) is 4.47 Å². The van der Waals surface area contributed by atoms with Crippen molar-refractivity contribution in [1.29, 1.82) is 0 Å². The molecule has 0 unspecified atom stereocenters. The second-order valence-corrected chi connectivity index (χ2v) is 6.32. The molecule has 1 heterocycles. The van der Waals surface area contributed by atoms with E-state index in [1.54, 1.807) is 0 Å². The van der Waals surface area contributed by atoms with E-state index in [4.69, 9.17) is 0 Å². The fourth-order valence-corrected chi connectivity index (χ4v) is 3.04. The number of hydrogen-bond acceptors (Lipinski definition) is 5. The zero-order valence-corrected chi connectivity index (χ0v) is 12.3. The van der Waals surface area contributed by atoms with Crippen LogP contribution in [0.4, 0.5) is 11.4 Å². The summed E-state index contributed by atoms with van der Waals surface area (Å²) < 4.78 is 26.9. The number of hydrogen-bond donors (Lipinski definition) is 1. The van der Waals surface area contributed by atoms with Crippen LogP contribution in [0.25, 0.3) is 0 Å². The Kier molecular flexibility index (Phi) is 4.00. The number of rotatable bonds is 4. The predicted molar refractivity (Wildman–Crippen MR) is 75.8 cm³/mol. The third-order valence-corrected chi connectivity index (χ3v) is 4.10. The highest BCUT2D eigenvalue weighted by molar-refractivity contribution is 9.10. The monoisotopic (exact) mass is 357 g/mol. The molecule has 9 heteroatoms. The number of nitrogens with one attached hydrogen (secondary N) is 1. The minimum atomic E-state index is -3.94. The normalized spacial score (nSPS) is 11.1. The van der Waals surface area contributed by atoms with Gasteiger partial charge in [-0.2, -0.15) is 0 Å². The zero-order valence-electron chi connectivity index (χ0n) is 9.86. The number of halogens is 1. The molecule has 1 N–H and O–H groups in total. The van der Waals surface area contributed by atoms with Gasteiger partial charge in [0.25, 0.3) is 15.7 Å². The van der Waals surface area contributed by atoms with Gasteiger partial charge in [0.2, 0.25) is 0 Å². The third-order valence-electron chi connectivity index (χ3n) is 2.34. The van der Waals surface area contributed by atoms with Crippen LogP contribution in [0, 0.1) is 10.1 Å². The van der Waals surface area contributed by atoms with Crippen LogP contribution in [0.5, 0.6) is 0 Å². The summed E-state index contributed by atoms with van der Waals surface area (Å²) in [5, 5.41) is 10.8. The molecule has 0 saturated heterocycles. The fraction of sp³-hybridized carbons (Fsp3) is 0. The molecule has 0 amide bonds. The summed E-state index contributed by atoms with van der Waals surface area (Å²) >= 11 is 3.11. The number of pyridine rings is 1. The molecule has 0 aliphatic carbocycles. The Labute approximate surface area is 123 Å². The van der Waals surface area contributed by atoms with Gasteiger partial charge in [0.15, 0.2) is 0 Å². The maximum atomic E-state index is 12.1. The molecule has 1 aromatic carbocycles. The van der Waals surface area contributed by atoms with Crippen molar-refractivity contribution in [2.75, 3.05) is 4.72 Å². The molecule has 0 spiro atoms. The summed E-state index contributed by atoms with van der Waals surface area (Å²) in [6.07, 6.45) is 2.59. The van der Waals surface area contributed by atoms with Gasteiger partial charge in [-0.1, -0.05) is 12.1 Å². The van der Waals surface area contributed by atoms with E-state index in [1.165, 1.54) is 36.5 Å². The van der Waals surface area contributed by atoms with Crippen LogP contribution in [-0.2, 0) is 10.0 Å². The van der Waals surface area contributed by atoms with Gasteiger partial charge >= 0.3 is 0 Å². The number of para-hydroxylation sites is 2. The predicted octanol–water partition coefficient (Wildman–Crippen LogP) is 2.55. The summed E-state index contributed by atoms with van der Waals surface area (Å²) in [5.74, 6) is 0. The van der Waals surface area contributed by atoms with Gasteiger partial charge in [-0.05, 0) is 28.1 Å². The van der Waals surface area contributed by atoms with E-state index in [-0.39, 0.29) is 16.3 Å². The van der Waals surface area contributed by atoms with Crippen molar-refractivity contribution < 1.29 is 13.3 Å². The van der Waals surface area contributed by atoms with Gasteiger partial charge in [0, 0.05) is 22.9 Å². The highest BCUT2D eigenvalue weighted by atomic mass is 79.9. The Morgan fingerprint density at radius 1 is 1.25 bits per heavy atom. The summed E-state index contributed by atoms with van der Waals surface area (Å²) in [6, 6.07) is 6.85. The van der Waals surface area contributed by atoms with E-state index < -0.39 is 14.9 Å². The fourth-order valence-electron chi connectivity index (χ4n) is 1.46. The number of anilines is 1. The largest absolute Gasteiger partial charge is 0.293 e. The molecule has 0 aliphatic heterocycles. The topological polar surface area (TPSA) is 102 Å². The lowest BCUT2D eigenvalue weighted by Crippen LogP contribution is -2.14. The average molecular weight is 358 g/mol. The summed E-state index contributed by atoms with van der Waals surface area (Å²) in [6.45, 7) is 0. The molecule has 0 saturated carbocycles. The first kappa shape index (κ1) is 14.4. The first-order valence-corrected chi connectivity index (χ1v) is 7.54. The molecule has 0 atom stereocenters. The van der Waals surface area contributed by atoms with Crippen LogP contribution < -0.4 is 4.72 Å². The lowest BCUT2D eigenvalue weighted by molar-refractivity contribution is -0.383. The molecule has 0 radical (unpaired) electrons. The van der Waals surface area contributed by atoms with Crippen LogP contribution in [0.15, 0.2) is 52.1 Å². The van der Waals surface area contributed by atoms with Gasteiger partial charge in [-0.25, -0.2) is 8.42 Å². The number of nitro groups is 1. The van der Waals surface area contributed by atoms with Crippen molar-refractivity contribution in [3.63, 3.8) is 0 Å². The van der Waals surface area contributed by atoms with Gasteiger partial charge in [-0.15, -0.1) is 0 Å². The zero-order chi connectivity index (χ0) is 14.8. The maximum Gasteiger partial charge on any atom is 0.293 e. The Hall–Kier alpha value is -2.00. The van der Waals surface area contributed by atoms with Crippen molar-refractivity contribution in [3.05, 3.63) is 57.3 Å². The number of benzene rings is 1. The molecule has 0 bridgehead atoms. The van der Waals surface area contributed by atoms with E-state index in [1.807, 2.05) is 0 Å². The molecule has 7 nitrogen and oxygen atoms in total. The van der Waals surface area contributed by atoms with E-state index in [0.717, 1.165) is 6.20 Å². The molecule has 1 aromatic heterocycles. The quantitative estimate of drug-likeness (QED) is 0.668. The van der Waals surface area contributed by atoms with Crippen LogP contribution in [-0.4, -0.2) is 18.3 Å². The van der Waals surface area contributed by atoms with Crippen LogP contribution in [0.1, 0.15) is 0 Å². The second kappa shape index (κ2) is 5.55. The lowest BCUT2D eigenvalue weighted by Gasteiger charge is -2.08. The lowest BCUT2D eigenvalue weighted by atomic mass is 10.3. The van der Waals surface area contributed by atoms with Crippen molar-refractivity contribution in [1.82, 2.24) is 4.98 Å². The first-order chi connectivity index (χ1) is 9.40. The Morgan fingerprint density at radius 3 is 2.60 bits per heavy atom. The highest BCUT2D eigenvalue weighted by Crippen LogP contribution is 2.26. The van der Waals surface area contributed by atoms with Crippen LogP contribution in [0.3, 0.4) is 0 Å². The molecule has 104 valence electrons. The molecular weight excluding hydrogens is 350 g/mol. The first-order valence-electron chi connectivity index (χ1n) is 5.27. The van der Waals surface area contributed by atoms with E-state index >= 15 is 0 Å². The minimum absolute atomic E-state index is 0.0926. The van der Waals surface area contributed by atoms with Gasteiger partial charge < -0.3 is 0 Å². The minimum Gasteiger partial charge on any atom is -0.273 e. The van der Waals surface area contributed by atoms with Crippen molar-refractivity contribution in [2.24, 2.45) is 0 Å². The second-order valence-electron chi connectivity index (χ2n) is 3.72. The van der Waals surface area contributed by atoms with Crippen molar-refractivity contribution >= 4 is 37.3 Å². The number of nitrogens with zero attached hydrogens (tertiary/aromatic N) is 2. The standard InChI is InChI=1S/C11H8BrN3O4S/c12-8-5-9(7-13-6-8)20(18,19)14-10-3-1-2-4-11(10)15(16)17/h1-7,14H. The molecule has 2 rings (SSSR count). The number of nitro benzene ring substituents is 1. The molecule has 20 heavy (non-hydrogen) atoms. The van der Waals surface area contributed by atoms with E-state index in [2.05, 4.69) is 25.6 Å². The number of aromatic nitrogens is 1. The van der Waals surface area contributed by atoms with Gasteiger partial charge in [0.1, 0.15) is 10.6 Å². The van der Waals surface area contributed by atoms with Gasteiger partial charge in [-0.3, -0.25) is 19.8 Å². The Morgan fingerprint density at radius 2 is 1.95 bits per heavy atom. The SMILES string of the molecule is O=[N+]([O-])c1ccccc1NS(=O)(=O)c1cncc(Br)c1. The van der Waals surface area contributed by atoms with E-state index in [9.17, 15) is 18.5 Å². The summed E-state index contributed by atoms with van der Waals surface area (Å²) in [4.78, 5) is 13.9. The van der Waals surface area contributed by atoms with Gasteiger partial charge in [0.05, 0.1) is 4.92 Å².